The molecule has 6 heteroatoms. The van der Waals surface area contributed by atoms with Crippen LogP contribution in [0.15, 0.2) is 24.3 Å². The summed E-state index contributed by atoms with van der Waals surface area (Å²) in [6.07, 6.45) is 4.24. The van der Waals surface area contributed by atoms with Crippen LogP contribution in [0.25, 0.3) is 0 Å². The Hall–Kier alpha value is -1.14. The van der Waals surface area contributed by atoms with Gasteiger partial charge in [-0.15, -0.1) is 0 Å². The molecule has 2 saturated heterocycles. The van der Waals surface area contributed by atoms with Crippen molar-refractivity contribution in [2.45, 2.75) is 49.9 Å². The first-order valence-electron chi connectivity index (χ1n) is 8.41. The number of carbonyl (C=O) groups is 1. The Morgan fingerprint density at radius 3 is 3.00 bits per heavy atom. The van der Waals surface area contributed by atoms with Gasteiger partial charge >= 0.3 is 0 Å². The molecule has 2 N–H and O–H groups in total. The summed E-state index contributed by atoms with van der Waals surface area (Å²) in [6, 6.07) is 7.93. The standard InChI is InChI=1S/C17H22ClN3O2/c18-12-5-2-1-4-11(12)13-10-14(20-19-13)17(22)21-8-9-23-16-7-3-6-15(16)21/h1-2,4-5,13-16,19-20H,3,6-10H2. The van der Waals surface area contributed by atoms with E-state index in [-0.39, 0.29) is 30.1 Å². The SMILES string of the molecule is O=C(C1CC(c2ccccc2Cl)NN1)N1CCOC2CCCC21. The number of rotatable bonds is 2. The van der Waals surface area contributed by atoms with E-state index in [1.54, 1.807) is 0 Å². The van der Waals surface area contributed by atoms with Crippen LogP contribution in [0, 0.1) is 0 Å². The van der Waals surface area contributed by atoms with E-state index in [2.05, 4.69) is 10.9 Å². The van der Waals surface area contributed by atoms with Crippen LogP contribution in [0.2, 0.25) is 5.02 Å². The molecule has 5 nitrogen and oxygen atoms in total. The first kappa shape index (κ1) is 15.4. The van der Waals surface area contributed by atoms with E-state index in [0.29, 0.717) is 13.2 Å². The molecule has 4 rings (SSSR count). The van der Waals surface area contributed by atoms with Crippen molar-refractivity contribution >= 4 is 17.5 Å². The molecule has 23 heavy (non-hydrogen) atoms. The fraction of sp³-hybridized carbons (Fsp3) is 0.588. The summed E-state index contributed by atoms with van der Waals surface area (Å²) in [5.74, 6) is 0.187. The van der Waals surface area contributed by atoms with Gasteiger partial charge in [-0.25, -0.2) is 10.9 Å². The van der Waals surface area contributed by atoms with Gasteiger partial charge in [-0.2, -0.15) is 0 Å². The quantitative estimate of drug-likeness (QED) is 0.868. The van der Waals surface area contributed by atoms with E-state index in [0.717, 1.165) is 36.3 Å². The van der Waals surface area contributed by atoms with Crippen molar-refractivity contribution in [2.75, 3.05) is 13.2 Å². The second-order valence-electron chi connectivity index (χ2n) is 6.59. The van der Waals surface area contributed by atoms with Gasteiger partial charge in [-0.3, -0.25) is 4.79 Å². The molecule has 3 aliphatic rings. The van der Waals surface area contributed by atoms with Gasteiger partial charge < -0.3 is 9.64 Å². The summed E-state index contributed by atoms with van der Waals surface area (Å²) >= 11 is 6.27. The molecule has 0 spiro atoms. The maximum atomic E-state index is 12.9. The first-order valence-corrected chi connectivity index (χ1v) is 8.79. The Kier molecular flexibility index (Phi) is 4.28. The van der Waals surface area contributed by atoms with Crippen LogP contribution < -0.4 is 10.9 Å². The fourth-order valence-corrected chi connectivity index (χ4v) is 4.35. The van der Waals surface area contributed by atoms with E-state index in [4.69, 9.17) is 16.3 Å². The van der Waals surface area contributed by atoms with Crippen molar-refractivity contribution in [1.29, 1.82) is 0 Å². The molecule has 1 aromatic rings. The average molecular weight is 336 g/mol. The molecule has 124 valence electrons. The zero-order chi connectivity index (χ0) is 15.8. The molecule has 1 amide bonds. The predicted octanol–water partition coefficient (Wildman–Crippen LogP) is 2.03. The third-order valence-corrected chi connectivity index (χ3v) is 5.59. The maximum Gasteiger partial charge on any atom is 0.241 e. The second-order valence-corrected chi connectivity index (χ2v) is 7.00. The minimum absolute atomic E-state index is 0.0677. The minimum Gasteiger partial charge on any atom is -0.374 e. The van der Waals surface area contributed by atoms with Crippen LogP contribution in [-0.2, 0) is 9.53 Å². The Morgan fingerprint density at radius 2 is 2.13 bits per heavy atom. The fourth-order valence-electron chi connectivity index (χ4n) is 4.08. The molecule has 1 aromatic carbocycles. The van der Waals surface area contributed by atoms with E-state index >= 15 is 0 Å². The molecule has 4 atom stereocenters. The number of hydrogen-bond donors (Lipinski definition) is 2. The third-order valence-electron chi connectivity index (χ3n) is 5.25. The van der Waals surface area contributed by atoms with Gasteiger partial charge in [-0.1, -0.05) is 29.8 Å². The lowest BCUT2D eigenvalue weighted by molar-refractivity contribution is -0.146. The normalized spacial score (nSPS) is 33.7. The molecular weight excluding hydrogens is 314 g/mol. The van der Waals surface area contributed by atoms with Crippen molar-refractivity contribution in [3.63, 3.8) is 0 Å². The highest BCUT2D eigenvalue weighted by Gasteiger charge is 2.42. The summed E-state index contributed by atoms with van der Waals surface area (Å²) in [6.45, 7) is 1.36. The number of hydrogen-bond acceptors (Lipinski definition) is 4. The smallest absolute Gasteiger partial charge is 0.241 e. The second kappa shape index (κ2) is 6.40. The van der Waals surface area contributed by atoms with Crippen molar-refractivity contribution in [2.24, 2.45) is 0 Å². The molecule has 0 radical (unpaired) electrons. The largest absolute Gasteiger partial charge is 0.374 e. The number of ether oxygens (including phenoxy) is 1. The van der Waals surface area contributed by atoms with E-state index < -0.39 is 0 Å². The van der Waals surface area contributed by atoms with Crippen LogP contribution in [0.4, 0.5) is 0 Å². The molecule has 0 aromatic heterocycles. The summed E-state index contributed by atoms with van der Waals surface area (Å²) in [5.41, 5.74) is 7.44. The highest BCUT2D eigenvalue weighted by atomic mass is 35.5. The zero-order valence-electron chi connectivity index (χ0n) is 13.0. The topological polar surface area (TPSA) is 53.6 Å². The Morgan fingerprint density at radius 1 is 1.26 bits per heavy atom. The predicted molar refractivity (Wildman–Crippen MR) is 88.0 cm³/mol. The Balaban J connectivity index is 1.45. The third kappa shape index (κ3) is 2.87. The van der Waals surface area contributed by atoms with Gasteiger partial charge in [-0.05, 0) is 37.3 Å². The minimum atomic E-state index is -0.198. The number of amides is 1. The van der Waals surface area contributed by atoms with Crippen molar-refractivity contribution in [1.82, 2.24) is 15.8 Å². The van der Waals surface area contributed by atoms with E-state index in [1.807, 2.05) is 29.2 Å². The van der Waals surface area contributed by atoms with Gasteiger partial charge in [0, 0.05) is 17.6 Å². The highest BCUT2D eigenvalue weighted by molar-refractivity contribution is 6.31. The zero-order valence-corrected chi connectivity index (χ0v) is 13.8. The number of fused-ring (bicyclic) bond motifs is 1. The van der Waals surface area contributed by atoms with Gasteiger partial charge in [0.05, 0.1) is 18.8 Å². The molecule has 2 aliphatic heterocycles. The number of morpholine rings is 1. The van der Waals surface area contributed by atoms with Crippen LogP contribution in [0.5, 0.6) is 0 Å². The molecular formula is C17H22ClN3O2. The molecule has 0 bridgehead atoms. The molecule has 1 aliphatic carbocycles. The number of halogens is 1. The molecule has 3 fully saturated rings. The van der Waals surface area contributed by atoms with Gasteiger partial charge in [0.1, 0.15) is 6.04 Å². The number of nitrogens with one attached hydrogen (secondary N) is 2. The van der Waals surface area contributed by atoms with E-state index in [9.17, 15) is 4.79 Å². The lowest BCUT2D eigenvalue weighted by atomic mass is 10.0. The van der Waals surface area contributed by atoms with Crippen molar-refractivity contribution < 1.29 is 9.53 Å². The number of nitrogens with zero attached hydrogens (tertiary/aromatic N) is 1. The molecule has 4 unspecified atom stereocenters. The van der Waals surface area contributed by atoms with Crippen LogP contribution in [0.1, 0.15) is 37.3 Å². The number of benzene rings is 1. The van der Waals surface area contributed by atoms with E-state index in [1.165, 1.54) is 0 Å². The summed E-state index contributed by atoms with van der Waals surface area (Å²) in [5, 5.41) is 0.738. The van der Waals surface area contributed by atoms with Gasteiger partial charge in [0.25, 0.3) is 0 Å². The van der Waals surface area contributed by atoms with Gasteiger partial charge in [0.15, 0.2) is 0 Å². The molecule has 1 saturated carbocycles. The Labute approximate surface area is 141 Å². The molecule has 2 heterocycles. The van der Waals surface area contributed by atoms with Crippen LogP contribution in [-0.4, -0.2) is 42.1 Å². The summed E-state index contributed by atoms with van der Waals surface area (Å²) < 4.78 is 5.80. The van der Waals surface area contributed by atoms with Gasteiger partial charge in [0.2, 0.25) is 5.91 Å². The lowest BCUT2D eigenvalue weighted by Gasteiger charge is -2.38. The number of carbonyl (C=O) groups excluding carboxylic acids is 1. The highest BCUT2D eigenvalue weighted by Crippen LogP contribution is 2.32. The first-order chi connectivity index (χ1) is 11.2. The van der Waals surface area contributed by atoms with Crippen LogP contribution >= 0.6 is 11.6 Å². The lowest BCUT2D eigenvalue weighted by Crippen LogP contribution is -2.56. The van der Waals surface area contributed by atoms with Crippen molar-refractivity contribution in [3.05, 3.63) is 34.9 Å². The van der Waals surface area contributed by atoms with Crippen molar-refractivity contribution in [3.8, 4) is 0 Å². The number of hydrazine groups is 1. The monoisotopic (exact) mass is 335 g/mol. The summed E-state index contributed by atoms with van der Waals surface area (Å²) in [7, 11) is 0. The summed E-state index contributed by atoms with van der Waals surface area (Å²) in [4.78, 5) is 15.0. The van der Waals surface area contributed by atoms with Crippen LogP contribution in [0.3, 0.4) is 0 Å². The average Bonchev–Trinajstić information content (AvgIpc) is 3.23. The Bertz CT molecular complexity index is 597. The maximum absolute atomic E-state index is 12.9.